The summed E-state index contributed by atoms with van der Waals surface area (Å²) in [5.41, 5.74) is 0. The molecule has 0 heterocycles. The van der Waals surface area contributed by atoms with Crippen LogP contribution in [0.15, 0.2) is 0 Å². The minimum absolute atomic E-state index is 0.0849. The van der Waals surface area contributed by atoms with E-state index < -0.39 is 0 Å². The molecule has 90 valence electrons. The number of carbonyl (C=O) groups excluding carboxylic acids is 2. The Morgan fingerprint density at radius 3 is 2.38 bits per heavy atom. The van der Waals surface area contributed by atoms with Crippen LogP contribution in [0.4, 0.5) is 0 Å². The highest BCUT2D eigenvalue weighted by molar-refractivity contribution is 5.86. The maximum Gasteiger partial charge on any atom is 0.239 e. The van der Waals surface area contributed by atoms with Crippen LogP contribution >= 0.6 is 0 Å². The first-order valence-electron chi connectivity index (χ1n) is 6.15. The first kappa shape index (κ1) is 11.4. The van der Waals surface area contributed by atoms with Crippen molar-refractivity contribution in [2.45, 2.75) is 26.2 Å². The van der Waals surface area contributed by atoms with Crippen LogP contribution in [0.2, 0.25) is 0 Å². The molecule has 2 aliphatic carbocycles. The molecule has 16 heavy (non-hydrogen) atoms. The Kier molecular flexibility index (Phi) is 3.17. The Balaban J connectivity index is 1.87. The van der Waals surface area contributed by atoms with Gasteiger partial charge in [-0.1, -0.05) is 0 Å². The van der Waals surface area contributed by atoms with E-state index in [-0.39, 0.29) is 24.3 Å². The molecule has 0 aromatic heterocycles. The van der Waals surface area contributed by atoms with E-state index in [1.807, 2.05) is 6.92 Å². The summed E-state index contributed by atoms with van der Waals surface area (Å²) in [7, 11) is 1.60. The number of likely N-dealkylation sites (N-methyl/N-ethyl adjacent to an activating group) is 2. The quantitative estimate of drug-likeness (QED) is 0.761. The average molecular weight is 224 g/mol. The van der Waals surface area contributed by atoms with Crippen LogP contribution in [0, 0.1) is 17.8 Å². The lowest BCUT2D eigenvalue weighted by atomic mass is 10.0. The van der Waals surface area contributed by atoms with Gasteiger partial charge >= 0.3 is 0 Å². The SMILES string of the molecule is CCN(CC(=O)NC)C(=O)C1CC2CC2C1. The normalized spacial score (nSPS) is 30.8. The highest BCUT2D eigenvalue weighted by Crippen LogP contribution is 2.54. The fraction of sp³-hybridized carbons (Fsp3) is 0.833. The smallest absolute Gasteiger partial charge is 0.239 e. The number of nitrogens with zero attached hydrogens (tertiary/aromatic N) is 1. The molecular weight excluding hydrogens is 204 g/mol. The molecule has 0 radical (unpaired) electrons. The second-order valence-corrected chi connectivity index (χ2v) is 4.95. The minimum Gasteiger partial charge on any atom is -0.358 e. The third-order valence-corrected chi connectivity index (χ3v) is 3.90. The lowest BCUT2D eigenvalue weighted by molar-refractivity contribution is -0.139. The summed E-state index contributed by atoms with van der Waals surface area (Å²) in [5.74, 6) is 1.91. The molecule has 0 aliphatic heterocycles. The van der Waals surface area contributed by atoms with Crippen molar-refractivity contribution in [3.63, 3.8) is 0 Å². The summed E-state index contributed by atoms with van der Waals surface area (Å²) < 4.78 is 0. The molecule has 0 bridgehead atoms. The molecular formula is C12H20N2O2. The molecule has 0 spiro atoms. The van der Waals surface area contributed by atoms with Crippen LogP contribution in [0.5, 0.6) is 0 Å². The monoisotopic (exact) mass is 224 g/mol. The van der Waals surface area contributed by atoms with E-state index in [4.69, 9.17) is 0 Å². The number of hydrogen-bond acceptors (Lipinski definition) is 2. The highest BCUT2D eigenvalue weighted by atomic mass is 16.2. The third-order valence-electron chi connectivity index (χ3n) is 3.90. The van der Waals surface area contributed by atoms with Gasteiger partial charge in [0.25, 0.3) is 0 Å². The van der Waals surface area contributed by atoms with E-state index in [1.54, 1.807) is 11.9 Å². The molecule has 1 N–H and O–H groups in total. The lowest BCUT2D eigenvalue weighted by Gasteiger charge is -2.24. The van der Waals surface area contributed by atoms with Crippen molar-refractivity contribution < 1.29 is 9.59 Å². The minimum atomic E-state index is -0.0849. The fourth-order valence-corrected chi connectivity index (χ4v) is 2.77. The van der Waals surface area contributed by atoms with Gasteiger partial charge < -0.3 is 10.2 Å². The molecule has 4 heteroatoms. The van der Waals surface area contributed by atoms with Gasteiger partial charge in [0.2, 0.25) is 11.8 Å². The van der Waals surface area contributed by atoms with Gasteiger partial charge in [0.15, 0.2) is 0 Å². The van der Waals surface area contributed by atoms with Crippen molar-refractivity contribution in [1.29, 1.82) is 0 Å². The first-order valence-corrected chi connectivity index (χ1v) is 6.15. The Labute approximate surface area is 96.4 Å². The average Bonchev–Trinajstić information content (AvgIpc) is 2.91. The van der Waals surface area contributed by atoms with E-state index >= 15 is 0 Å². The van der Waals surface area contributed by atoms with Crippen molar-refractivity contribution in [3.05, 3.63) is 0 Å². The van der Waals surface area contributed by atoms with Crippen molar-refractivity contribution in [2.24, 2.45) is 17.8 Å². The van der Waals surface area contributed by atoms with Gasteiger partial charge in [-0.2, -0.15) is 0 Å². The van der Waals surface area contributed by atoms with Gasteiger partial charge in [-0.25, -0.2) is 0 Å². The van der Waals surface area contributed by atoms with Gasteiger partial charge in [0, 0.05) is 19.5 Å². The summed E-state index contributed by atoms with van der Waals surface area (Å²) in [5, 5.41) is 2.56. The summed E-state index contributed by atoms with van der Waals surface area (Å²) in [6, 6.07) is 0. The van der Waals surface area contributed by atoms with Gasteiger partial charge in [0.1, 0.15) is 0 Å². The second kappa shape index (κ2) is 4.44. The Morgan fingerprint density at radius 1 is 1.25 bits per heavy atom. The van der Waals surface area contributed by atoms with Gasteiger partial charge in [-0.05, 0) is 38.0 Å². The van der Waals surface area contributed by atoms with Gasteiger partial charge in [-0.3, -0.25) is 9.59 Å². The van der Waals surface area contributed by atoms with Crippen LogP contribution in [-0.4, -0.2) is 36.9 Å². The fourth-order valence-electron chi connectivity index (χ4n) is 2.77. The predicted octanol–water partition coefficient (Wildman–Crippen LogP) is 0.627. The maximum atomic E-state index is 12.1. The van der Waals surface area contributed by atoms with Crippen LogP contribution in [-0.2, 0) is 9.59 Å². The lowest BCUT2D eigenvalue weighted by Crippen LogP contribution is -2.42. The highest BCUT2D eigenvalue weighted by Gasteiger charge is 2.48. The van der Waals surface area contributed by atoms with Crippen LogP contribution < -0.4 is 5.32 Å². The summed E-state index contributed by atoms with van der Waals surface area (Å²) in [4.78, 5) is 25.1. The Morgan fingerprint density at radius 2 is 1.88 bits per heavy atom. The number of fused-ring (bicyclic) bond motifs is 1. The molecule has 2 amide bonds. The molecule has 0 aromatic carbocycles. The number of hydrogen-bond donors (Lipinski definition) is 1. The second-order valence-electron chi connectivity index (χ2n) is 4.95. The number of nitrogens with one attached hydrogen (secondary N) is 1. The predicted molar refractivity (Wildman–Crippen MR) is 60.6 cm³/mol. The molecule has 4 nitrogen and oxygen atoms in total. The molecule has 0 saturated heterocycles. The zero-order chi connectivity index (χ0) is 11.7. The van der Waals surface area contributed by atoms with Crippen LogP contribution in [0.1, 0.15) is 26.2 Å². The van der Waals surface area contributed by atoms with E-state index in [9.17, 15) is 9.59 Å². The molecule has 2 saturated carbocycles. The molecule has 0 aromatic rings. The molecule has 2 aliphatic rings. The standard InChI is InChI=1S/C12H20N2O2/c1-3-14(7-11(15)13-2)12(16)10-5-8-4-9(8)6-10/h8-10H,3-7H2,1-2H3,(H,13,15). The molecule has 2 fully saturated rings. The number of rotatable bonds is 4. The topological polar surface area (TPSA) is 49.4 Å². The van der Waals surface area contributed by atoms with Crippen molar-refractivity contribution in [3.8, 4) is 0 Å². The van der Waals surface area contributed by atoms with E-state index in [0.29, 0.717) is 6.54 Å². The van der Waals surface area contributed by atoms with Crippen LogP contribution in [0.3, 0.4) is 0 Å². The van der Waals surface area contributed by atoms with E-state index in [1.165, 1.54) is 6.42 Å². The van der Waals surface area contributed by atoms with E-state index in [0.717, 1.165) is 24.7 Å². The van der Waals surface area contributed by atoms with E-state index in [2.05, 4.69) is 5.32 Å². The Bertz CT molecular complexity index is 293. The zero-order valence-corrected chi connectivity index (χ0v) is 10.0. The van der Waals surface area contributed by atoms with Gasteiger partial charge in [0.05, 0.1) is 6.54 Å². The first-order chi connectivity index (χ1) is 7.65. The van der Waals surface area contributed by atoms with Crippen molar-refractivity contribution in [1.82, 2.24) is 10.2 Å². The third kappa shape index (κ3) is 2.20. The number of carbonyl (C=O) groups is 2. The summed E-state index contributed by atoms with van der Waals surface area (Å²) >= 11 is 0. The Hall–Kier alpha value is -1.06. The zero-order valence-electron chi connectivity index (χ0n) is 10.0. The van der Waals surface area contributed by atoms with Crippen molar-refractivity contribution >= 4 is 11.8 Å². The molecule has 2 unspecified atom stereocenters. The molecule has 2 rings (SSSR count). The van der Waals surface area contributed by atoms with Crippen molar-refractivity contribution in [2.75, 3.05) is 20.1 Å². The number of amides is 2. The molecule has 2 atom stereocenters. The summed E-state index contributed by atoms with van der Waals surface area (Å²) in [6.45, 7) is 2.76. The maximum absolute atomic E-state index is 12.1. The van der Waals surface area contributed by atoms with Crippen LogP contribution in [0.25, 0.3) is 0 Å². The summed E-state index contributed by atoms with van der Waals surface area (Å²) in [6.07, 6.45) is 3.42. The largest absolute Gasteiger partial charge is 0.358 e. The van der Waals surface area contributed by atoms with Gasteiger partial charge in [-0.15, -0.1) is 0 Å².